The monoisotopic (exact) mass is 368 g/mol. The van der Waals surface area contributed by atoms with Crippen molar-refractivity contribution in [2.45, 2.75) is 25.3 Å². The van der Waals surface area contributed by atoms with Crippen LogP contribution in [0.4, 0.5) is 14.5 Å². The van der Waals surface area contributed by atoms with Gasteiger partial charge >= 0.3 is 0 Å². The molecule has 0 aliphatic heterocycles. The highest BCUT2D eigenvalue weighted by Gasteiger charge is 2.28. The van der Waals surface area contributed by atoms with Gasteiger partial charge in [0.1, 0.15) is 17.4 Å². The summed E-state index contributed by atoms with van der Waals surface area (Å²) >= 11 is 0. The molecule has 2 unspecified atom stereocenters. The molecule has 1 saturated carbocycles. The molecule has 1 aliphatic rings. The van der Waals surface area contributed by atoms with E-state index in [4.69, 9.17) is 10.5 Å². The maximum atomic E-state index is 13.3. The number of carbonyl (C=O) groups excluding carboxylic acids is 1. The summed E-state index contributed by atoms with van der Waals surface area (Å²) in [5.41, 5.74) is 6.29. The second-order valence-electron chi connectivity index (χ2n) is 5.96. The van der Waals surface area contributed by atoms with Gasteiger partial charge in [-0.25, -0.2) is 8.78 Å². The van der Waals surface area contributed by atoms with E-state index in [-0.39, 0.29) is 36.0 Å². The lowest BCUT2D eigenvalue weighted by Gasteiger charge is -2.15. The first-order valence-corrected chi connectivity index (χ1v) is 7.80. The Morgan fingerprint density at radius 1 is 1.12 bits per heavy atom. The first-order chi connectivity index (χ1) is 11.5. The van der Waals surface area contributed by atoms with Crippen molar-refractivity contribution in [3.8, 4) is 11.5 Å². The Morgan fingerprint density at radius 2 is 1.80 bits per heavy atom. The maximum Gasteiger partial charge on any atom is 0.227 e. The Balaban J connectivity index is 0.00000225. The third-order valence-electron chi connectivity index (χ3n) is 4.05. The number of rotatable bonds is 4. The fourth-order valence-electron chi connectivity index (χ4n) is 2.86. The average Bonchev–Trinajstić information content (AvgIpc) is 2.95. The summed E-state index contributed by atoms with van der Waals surface area (Å²) in [6.07, 6.45) is 2.24. The van der Waals surface area contributed by atoms with E-state index in [1.54, 1.807) is 24.3 Å². The van der Waals surface area contributed by atoms with Crippen molar-refractivity contribution >= 4 is 24.0 Å². The van der Waals surface area contributed by atoms with Crippen LogP contribution in [0.2, 0.25) is 0 Å². The molecule has 0 saturated heterocycles. The number of amides is 1. The fourth-order valence-corrected chi connectivity index (χ4v) is 2.86. The number of benzene rings is 2. The molecule has 0 spiro atoms. The summed E-state index contributed by atoms with van der Waals surface area (Å²) < 4.78 is 32.1. The van der Waals surface area contributed by atoms with Crippen molar-refractivity contribution < 1.29 is 18.3 Å². The third kappa shape index (κ3) is 4.90. The lowest BCUT2D eigenvalue weighted by Crippen LogP contribution is -2.23. The van der Waals surface area contributed by atoms with Crippen LogP contribution < -0.4 is 15.8 Å². The van der Waals surface area contributed by atoms with Crippen molar-refractivity contribution in [1.29, 1.82) is 0 Å². The standard InChI is InChI=1S/C18H18F2N2O2.ClH/c19-12-8-13(20)10-15(9-12)24-17-4-2-1-3-16(17)22-18(23)11-5-6-14(21)7-11;/h1-4,8-11,14H,5-7,21H2,(H,22,23);1H. The van der Waals surface area contributed by atoms with E-state index in [2.05, 4.69) is 5.32 Å². The van der Waals surface area contributed by atoms with Crippen LogP contribution in [0.15, 0.2) is 42.5 Å². The van der Waals surface area contributed by atoms with Crippen molar-refractivity contribution in [3.63, 3.8) is 0 Å². The van der Waals surface area contributed by atoms with Gasteiger partial charge in [-0.2, -0.15) is 0 Å². The Bertz CT molecular complexity index is 737. The molecule has 7 heteroatoms. The number of para-hydroxylation sites is 2. The molecule has 2 aromatic rings. The largest absolute Gasteiger partial charge is 0.455 e. The molecule has 1 amide bonds. The van der Waals surface area contributed by atoms with E-state index in [1.165, 1.54) is 0 Å². The fraction of sp³-hybridized carbons (Fsp3) is 0.278. The van der Waals surface area contributed by atoms with Crippen LogP contribution in [0.3, 0.4) is 0 Å². The summed E-state index contributed by atoms with van der Waals surface area (Å²) in [6, 6.07) is 9.75. The van der Waals surface area contributed by atoms with Crippen LogP contribution in [0, 0.1) is 17.6 Å². The minimum absolute atomic E-state index is 0. The Hall–Kier alpha value is -2.18. The minimum atomic E-state index is -0.730. The molecule has 3 rings (SSSR count). The van der Waals surface area contributed by atoms with Gasteiger partial charge in [0.15, 0.2) is 5.75 Å². The van der Waals surface area contributed by atoms with Gasteiger partial charge in [0.25, 0.3) is 0 Å². The van der Waals surface area contributed by atoms with E-state index in [9.17, 15) is 13.6 Å². The molecule has 1 fully saturated rings. The topological polar surface area (TPSA) is 64.4 Å². The van der Waals surface area contributed by atoms with Gasteiger partial charge in [0, 0.05) is 30.2 Å². The zero-order valence-electron chi connectivity index (χ0n) is 13.4. The SMILES string of the molecule is Cl.NC1CCC(C(=O)Nc2ccccc2Oc2cc(F)cc(F)c2)C1. The summed E-state index contributed by atoms with van der Waals surface area (Å²) in [7, 11) is 0. The lowest BCUT2D eigenvalue weighted by atomic mass is 10.1. The summed E-state index contributed by atoms with van der Waals surface area (Å²) in [4.78, 5) is 12.3. The van der Waals surface area contributed by atoms with Gasteiger partial charge in [0.05, 0.1) is 5.69 Å². The molecule has 0 aromatic heterocycles. The Kier molecular flexibility index (Phi) is 6.33. The van der Waals surface area contributed by atoms with E-state index in [1.807, 2.05) is 0 Å². The van der Waals surface area contributed by atoms with E-state index in [0.717, 1.165) is 31.0 Å². The van der Waals surface area contributed by atoms with Gasteiger partial charge in [-0.1, -0.05) is 12.1 Å². The number of hydrogen-bond donors (Lipinski definition) is 2. The lowest BCUT2D eigenvalue weighted by molar-refractivity contribution is -0.119. The van der Waals surface area contributed by atoms with Crippen molar-refractivity contribution in [2.24, 2.45) is 11.7 Å². The van der Waals surface area contributed by atoms with Crippen molar-refractivity contribution in [2.75, 3.05) is 5.32 Å². The van der Waals surface area contributed by atoms with Gasteiger partial charge in [0.2, 0.25) is 5.91 Å². The molecule has 4 nitrogen and oxygen atoms in total. The number of carbonyl (C=O) groups is 1. The van der Waals surface area contributed by atoms with Crippen LogP contribution >= 0.6 is 12.4 Å². The number of anilines is 1. The smallest absolute Gasteiger partial charge is 0.227 e. The van der Waals surface area contributed by atoms with Gasteiger partial charge < -0.3 is 15.8 Å². The van der Waals surface area contributed by atoms with Crippen LogP contribution in [0.1, 0.15) is 19.3 Å². The molecule has 0 bridgehead atoms. The number of hydrogen-bond acceptors (Lipinski definition) is 3. The van der Waals surface area contributed by atoms with Gasteiger partial charge in [-0.15, -0.1) is 12.4 Å². The van der Waals surface area contributed by atoms with Crippen molar-refractivity contribution in [3.05, 3.63) is 54.1 Å². The summed E-state index contributed by atoms with van der Waals surface area (Å²) in [5.74, 6) is -1.36. The number of halogens is 3. The number of nitrogens with one attached hydrogen (secondary N) is 1. The average molecular weight is 369 g/mol. The maximum absolute atomic E-state index is 13.3. The molecule has 134 valence electrons. The number of nitrogens with two attached hydrogens (primary N) is 1. The predicted molar refractivity (Wildman–Crippen MR) is 94.1 cm³/mol. The second kappa shape index (κ2) is 8.27. The zero-order chi connectivity index (χ0) is 17.1. The minimum Gasteiger partial charge on any atom is -0.455 e. The Morgan fingerprint density at radius 3 is 2.44 bits per heavy atom. The normalized spacial score (nSPS) is 19.2. The third-order valence-corrected chi connectivity index (χ3v) is 4.05. The van der Waals surface area contributed by atoms with Crippen LogP contribution in [0.5, 0.6) is 11.5 Å². The van der Waals surface area contributed by atoms with Crippen molar-refractivity contribution in [1.82, 2.24) is 0 Å². The molecule has 2 aromatic carbocycles. The molecule has 3 N–H and O–H groups in total. The molecule has 1 aliphatic carbocycles. The van der Waals surface area contributed by atoms with Gasteiger partial charge in [-0.05, 0) is 31.4 Å². The summed E-state index contributed by atoms with van der Waals surface area (Å²) in [5, 5.41) is 2.82. The molecular formula is C18H19ClF2N2O2. The highest BCUT2D eigenvalue weighted by molar-refractivity contribution is 5.94. The predicted octanol–water partition coefficient (Wildman–Crippen LogP) is 4.24. The molecule has 25 heavy (non-hydrogen) atoms. The zero-order valence-corrected chi connectivity index (χ0v) is 14.2. The van der Waals surface area contributed by atoms with Crippen LogP contribution in [0.25, 0.3) is 0 Å². The molecule has 0 radical (unpaired) electrons. The molecule has 2 atom stereocenters. The van der Waals surface area contributed by atoms with E-state index < -0.39 is 11.6 Å². The van der Waals surface area contributed by atoms with Crippen LogP contribution in [-0.2, 0) is 4.79 Å². The first kappa shape index (κ1) is 19.1. The van der Waals surface area contributed by atoms with E-state index in [0.29, 0.717) is 17.9 Å². The highest BCUT2D eigenvalue weighted by atomic mass is 35.5. The van der Waals surface area contributed by atoms with Crippen LogP contribution in [-0.4, -0.2) is 11.9 Å². The second-order valence-corrected chi connectivity index (χ2v) is 5.96. The van der Waals surface area contributed by atoms with E-state index >= 15 is 0 Å². The number of ether oxygens (including phenoxy) is 1. The summed E-state index contributed by atoms with van der Waals surface area (Å²) in [6.45, 7) is 0. The molecular weight excluding hydrogens is 350 g/mol. The molecule has 0 heterocycles. The quantitative estimate of drug-likeness (QED) is 0.848. The Labute approximate surface area is 150 Å². The first-order valence-electron chi connectivity index (χ1n) is 7.80. The highest BCUT2D eigenvalue weighted by Crippen LogP contribution is 2.32. The van der Waals surface area contributed by atoms with Gasteiger partial charge in [-0.3, -0.25) is 4.79 Å².